The molecule has 0 unspecified atom stereocenters. The van der Waals surface area contributed by atoms with Gasteiger partial charge in [-0.25, -0.2) is 4.98 Å². The molecule has 2 aromatic rings. The highest BCUT2D eigenvalue weighted by atomic mass is 16.5. The highest BCUT2D eigenvalue weighted by molar-refractivity contribution is 5.96. The molecule has 0 aliphatic heterocycles. The lowest BCUT2D eigenvalue weighted by Crippen LogP contribution is -2.27. The van der Waals surface area contributed by atoms with Gasteiger partial charge in [-0.2, -0.15) is 0 Å². The van der Waals surface area contributed by atoms with Gasteiger partial charge < -0.3 is 15.2 Å². The van der Waals surface area contributed by atoms with E-state index in [0.717, 1.165) is 37.2 Å². The molecule has 2 aromatic heterocycles. The van der Waals surface area contributed by atoms with E-state index in [1.165, 1.54) is 0 Å². The quantitative estimate of drug-likeness (QED) is 0.732. The molecule has 0 fully saturated rings. The molecule has 1 amide bonds. The fourth-order valence-corrected chi connectivity index (χ4v) is 2.27. The summed E-state index contributed by atoms with van der Waals surface area (Å²) in [6.45, 7) is 7.19. The predicted molar refractivity (Wildman–Crippen MR) is 89.6 cm³/mol. The van der Waals surface area contributed by atoms with Crippen LogP contribution < -0.4 is 10.6 Å². The van der Waals surface area contributed by atoms with E-state index in [9.17, 15) is 4.79 Å². The van der Waals surface area contributed by atoms with Crippen LogP contribution in [0.3, 0.4) is 0 Å². The summed E-state index contributed by atoms with van der Waals surface area (Å²) in [5.74, 6) is 1.41. The molecule has 0 aliphatic rings. The molecule has 2 heterocycles. The van der Waals surface area contributed by atoms with Crippen LogP contribution in [0.15, 0.2) is 22.9 Å². The first-order valence-electron chi connectivity index (χ1n) is 8.01. The lowest BCUT2D eigenvalue weighted by Gasteiger charge is -2.07. The Labute approximate surface area is 136 Å². The van der Waals surface area contributed by atoms with Gasteiger partial charge >= 0.3 is 0 Å². The molecule has 0 radical (unpaired) electrons. The van der Waals surface area contributed by atoms with E-state index in [4.69, 9.17) is 4.52 Å². The largest absolute Gasteiger partial charge is 0.370 e. The molecule has 0 aliphatic carbocycles. The Balaban J connectivity index is 1.74. The van der Waals surface area contributed by atoms with Crippen molar-refractivity contribution in [2.75, 3.05) is 18.4 Å². The predicted octanol–water partition coefficient (Wildman–Crippen LogP) is 2.87. The summed E-state index contributed by atoms with van der Waals surface area (Å²) in [5.41, 5.74) is 2.36. The number of rotatable bonds is 8. The molecule has 2 N–H and O–H groups in total. The molecule has 6 heteroatoms. The topological polar surface area (TPSA) is 80.0 Å². The summed E-state index contributed by atoms with van der Waals surface area (Å²) < 4.78 is 5.22. The van der Waals surface area contributed by atoms with Crippen LogP contribution in [0.5, 0.6) is 0 Å². The minimum Gasteiger partial charge on any atom is -0.370 e. The van der Waals surface area contributed by atoms with Crippen LogP contribution in [0, 0.1) is 13.8 Å². The fourth-order valence-electron chi connectivity index (χ4n) is 2.27. The lowest BCUT2D eigenvalue weighted by atomic mass is 10.1. The third-order valence-electron chi connectivity index (χ3n) is 3.49. The Morgan fingerprint density at radius 2 is 2.09 bits per heavy atom. The zero-order chi connectivity index (χ0) is 16.7. The molecule has 124 valence electrons. The normalized spacial score (nSPS) is 10.6. The highest BCUT2D eigenvalue weighted by Gasteiger charge is 2.19. The average Bonchev–Trinajstić information content (AvgIpc) is 2.90. The second-order valence-corrected chi connectivity index (χ2v) is 5.57. The maximum atomic E-state index is 12.2. The van der Waals surface area contributed by atoms with E-state index in [2.05, 4.69) is 20.8 Å². The summed E-state index contributed by atoms with van der Waals surface area (Å²) in [4.78, 5) is 16.5. The molecule has 0 atom stereocenters. The standard InChI is InChI=1S/C17H24N4O2/c1-4-6-14-16(13(3)21-23-14)17(22)19-10-5-9-18-15-8-7-12(2)11-20-15/h7-8,11H,4-6,9-10H2,1-3H3,(H,18,20)(H,19,22). The summed E-state index contributed by atoms with van der Waals surface area (Å²) >= 11 is 0. The summed E-state index contributed by atoms with van der Waals surface area (Å²) in [6, 6.07) is 3.96. The number of carbonyl (C=O) groups excluding carboxylic acids is 1. The third kappa shape index (κ3) is 4.81. The smallest absolute Gasteiger partial charge is 0.256 e. The van der Waals surface area contributed by atoms with Gasteiger partial charge in [0.2, 0.25) is 0 Å². The highest BCUT2D eigenvalue weighted by Crippen LogP contribution is 2.15. The molecule has 0 saturated heterocycles. The maximum Gasteiger partial charge on any atom is 0.256 e. The SMILES string of the molecule is CCCc1onc(C)c1C(=O)NCCCNc1ccc(C)cn1. The third-order valence-corrected chi connectivity index (χ3v) is 3.49. The van der Waals surface area contributed by atoms with Crippen molar-refractivity contribution in [2.45, 2.75) is 40.0 Å². The number of anilines is 1. The first-order chi connectivity index (χ1) is 11.1. The van der Waals surface area contributed by atoms with Gasteiger partial charge in [-0.15, -0.1) is 0 Å². The van der Waals surface area contributed by atoms with Crippen molar-refractivity contribution in [1.82, 2.24) is 15.5 Å². The number of pyridine rings is 1. The van der Waals surface area contributed by atoms with E-state index in [-0.39, 0.29) is 5.91 Å². The molecular formula is C17H24N4O2. The van der Waals surface area contributed by atoms with Crippen LogP contribution in [0.4, 0.5) is 5.82 Å². The van der Waals surface area contributed by atoms with Gasteiger partial charge in [0.05, 0.1) is 5.69 Å². The first kappa shape index (κ1) is 17.0. The van der Waals surface area contributed by atoms with E-state index in [0.29, 0.717) is 23.6 Å². The molecule has 0 bridgehead atoms. The molecule has 6 nitrogen and oxygen atoms in total. The van der Waals surface area contributed by atoms with Gasteiger partial charge in [-0.3, -0.25) is 4.79 Å². The summed E-state index contributed by atoms with van der Waals surface area (Å²) in [5, 5.41) is 10.0. The number of aromatic nitrogens is 2. The molecule has 2 rings (SSSR count). The van der Waals surface area contributed by atoms with Crippen molar-refractivity contribution in [2.24, 2.45) is 0 Å². The molecule has 23 heavy (non-hydrogen) atoms. The Kier molecular flexibility index (Phi) is 6.14. The molecule has 0 spiro atoms. The minimum absolute atomic E-state index is 0.110. The summed E-state index contributed by atoms with van der Waals surface area (Å²) in [6.07, 6.45) is 4.29. The number of nitrogens with one attached hydrogen (secondary N) is 2. The van der Waals surface area contributed by atoms with E-state index < -0.39 is 0 Å². The van der Waals surface area contributed by atoms with Crippen molar-refractivity contribution in [3.8, 4) is 0 Å². The van der Waals surface area contributed by atoms with Crippen LogP contribution in [-0.2, 0) is 6.42 Å². The van der Waals surface area contributed by atoms with Crippen molar-refractivity contribution >= 4 is 11.7 Å². The number of nitrogens with zero attached hydrogens (tertiary/aromatic N) is 2. The number of amides is 1. The van der Waals surface area contributed by atoms with Gasteiger partial charge in [-0.05, 0) is 38.3 Å². The lowest BCUT2D eigenvalue weighted by molar-refractivity contribution is 0.0951. The zero-order valence-corrected chi connectivity index (χ0v) is 14.0. The minimum atomic E-state index is -0.110. The van der Waals surface area contributed by atoms with Crippen molar-refractivity contribution in [3.63, 3.8) is 0 Å². The second-order valence-electron chi connectivity index (χ2n) is 5.57. The van der Waals surface area contributed by atoms with Crippen LogP contribution >= 0.6 is 0 Å². The van der Waals surface area contributed by atoms with Crippen LogP contribution in [0.2, 0.25) is 0 Å². The average molecular weight is 316 g/mol. The number of hydrogen-bond donors (Lipinski definition) is 2. The zero-order valence-electron chi connectivity index (χ0n) is 14.0. The fraction of sp³-hybridized carbons (Fsp3) is 0.471. The van der Waals surface area contributed by atoms with Crippen LogP contribution in [0.1, 0.15) is 47.1 Å². The van der Waals surface area contributed by atoms with Crippen molar-refractivity contribution < 1.29 is 9.32 Å². The Morgan fingerprint density at radius 3 is 2.78 bits per heavy atom. The van der Waals surface area contributed by atoms with Crippen LogP contribution in [0.25, 0.3) is 0 Å². The van der Waals surface area contributed by atoms with E-state index in [1.807, 2.05) is 32.2 Å². The molecule has 0 saturated carbocycles. The van der Waals surface area contributed by atoms with Crippen LogP contribution in [-0.4, -0.2) is 29.1 Å². The first-order valence-corrected chi connectivity index (χ1v) is 8.01. The van der Waals surface area contributed by atoms with Gasteiger partial charge in [0.25, 0.3) is 5.91 Å². The number of hydrogen-bond acceptors (Lipinski definition) is 5. The Hall–Kier alpha value is -2.37. The van der Waals surface area contributed by atoms with Gasteiger partial charge in [0, 0.05) is 25.7 Å². The summed E-state index contributed by atoms with van der Waals surface area (Å²) in [7, 11) is 0. The van der Waals surface area contributed by atoms with Gasteiger partial charge in [0.1, 0.15) is 17.1 Å². The Morgan fingerprint density at radius 1 is 1.26 bits per heavy atom. The van der Waals surface area contributed by atoms with Crippen molar-refractivity contribution in [3.05, 3.63) is 40.9 Å². The number of aryl methyl sites for hydroxylation is 3. The monoisotopic (exact) mass is 316 g/mol. The van der Waals surface area contributed by atoms with E-state index in [1.54, 1.807) is 6.92 Å². The molecular weight excluding hydrogens is 292 g/mol. The van der Waals surface area contributed by atoms with Crippen molar-refractivity contribution in [1.29, 1.82) is 0 Å². The molecule has 0 aromatic carbocycles. The van der Waals surface area contributed by atoms with Gasteiger partial charge in [0.15, 0.2) is 0 Å². The Bertz CT molecular complexity index is 635. The second kappa shape index (κ2) is 8.31. The maximum absolute atomic E-state index is 12.2. The van der Waals surface area contributed by atoms with E-state index >= 15 is 0 Å². The number of carbonyl (C=O) groups is 1. The van der Waals surface area contributed by atoms with Gasteiger partial charge in [-0.1, -0.05) is 18.1 Å².